The Bertz CT molecular complexity index is 1150. The minimum Gasteiger partial charge on any atom is -0.494 e. The third-order valence-corrected chi connectivity index (χ3v) is 5.64. The van der Waals surface area contributed by atoms with Gasteiger partial charge in [0.25, 0.3) is 11.8 Å². The summed E-state index contributed by atoms with van der Waals surface area (Å²) in [4.78, 5) is 29.0. The van der Waals surface area contributed by atoms with Crippen LogP contribution in [0.1, 0.15) is 25.6 Å². The highest BCUT2D eigenvalue weighted by atomic mass is 32.1. The van der Waals surface area contributed by atoms with Crippen molar-refractivity contribution in [2.75, 3.05) is 16.8 Å². The molecular formula is C25H24N2O4S. The predicted octanol–water partition coefficient (Wildman–Crippen LogP) is 5.33. The molecule has 0 unspecified atom stereocenters. The normalized spacial score (nSPS) is 13.8. The van der Waals surface area contributed by atoms with Crippen molar-refractivity contribution in [1.82, 2.24) is 0 Å². The molecular weight excluding hydrogens is 424 g/mol. The van der Waals surface area contributed by atoms with Crippen LogP contribution < -0.4 is 19.7 Å². The number of hydrogen-bond donors (Lipinski definition) is 1. The van der Waals surface area contributed by atoms with Gasteiger partial charge in [0.2, 0.25) is 0 Å². The summed E-state index contributed by atoms with van der Waals surface area (Å²) in [5.41, 5.74) is 1.69. The van der Waals surface area contributed by atoms with Crippen LogP contribution in [0.2, 0.25) is 0 Å². The Balaban J connectivity index is 1.74. The first-order valence-electron chi connectivity index (χ1n) is 10.4. The molecule has 2 amide bonds. The molecule has 0 spiro atoms. The average Bonchev–Trinajstić information content (AvgIpc) is 3.37. The SMILES string of the molecule is CCOc1ccc(NC2=C(c3cccs3)C(=O)N(c3ccccc3OC(C)C)C2=O)cc1. The molecule has 164 valence electrons. The van der Waals surface area contributed by atoms with E-state index in [-0.39, 0.29) is 17.7 Å². The molecule has 0 aliphatic carbocycles. The van der Waals surface area contributed by atoms with Crippen molar-refractivity contribution >= 4 is 40.1 Å². The van der Waals surface area contributed by atoms with Crippen molar-refractivity contribution < 1.29 is 19.1 Å². The lowest BCUT2D eigenvalue weighted by Crippen LogP contribution is -2.33. The van der Waals surface area contributed by atoms with Gasteiger partial charge in [0.05, 0.1) is 24.0 Å². The van der Waals surface area contributed by atoms with E-state index < -0.39 is 5.91 Å². The number of thiophene rings is 1. The highest BCUT2D eigenvalue weighted by molar-refractivity contribution is 7.11. The van der Waals surface area contributed by atoms with Crippen LogP contribution in [-0.4, -0.2) is 24.5 Å². The molecule has 1 aliphatic heterocycles. The van der Waals surface area contributed by atoms with Gasteiger partial charge in [-0.15, -0.1) is 11.3 Å². The van der Waals surface area contributed by atoms with E-state index in [0.717, 1.165) is 10.6 Å². The molecule has 6 nitrogen and oxygen atoms in total. The zero-order valence-corrected chi connectivity index (χ0v) is 18.9. The molecule has 0 atom stereocenters. The van der Waals surface area contributed by atoms with Gasteiger partial charge in [-0.1, -0.05) is 18.2 Å². The highest BCUT2D eigenvalue weighted by Crippen LogP contribution is 2.39. The molecule has 1 aliphatic rings. The second-order valence-electron chi connectivity index (χ2n) is 7.39. The fourth-order valence-electron chi connectivity index (χ4n) is 3.45. The summed E-state index contributed by atoms with van der Waals surface area (Å²) in [5.74, 6) is 0.413. The lowest BCUT2D eigenvalue weighted by atomic mass is 10.2. The largest absolute Gasteiger partial charge is 0.494 e. The summed E-state index contributed by atoms with van der Waals surface area (Å²) in [6.45, 7) is 6.29. The molecule has 1 N–H and O–H groups in total. The molecule has 4 rings (SSSR count). The fraction of sp³-hybridized carbons (Fsp3) is 0.200. The Labute approximate surface area is 191 Å². The Kier molecular flexibility index (Phi) is 6.28. The maximum absolute atomic E-state index is 13.5. The second-order valence-corrected chi connectivity index (χ2v) is 8.34. The highest BCUT2D eigenvalue weighted by Gasteiger charge is 2.41. The average molecular weight is 449 g/mol. The van der Waals surface area contributed by atoms with E-state index in [2.05, 4.69) is 5.32 Å². The Morgan fingerprint density at radius 1 is 0.969 bits per heavy atom. The molecule has 2 heterocycles. The van der Waals surface area contributed by atoms with Crippen molar-refractivity contribution in [2.24, 2.45) is 0 Å². The van der Waals surface area contributed by atoms with Crippen LogP contribution in [0.15, 0.2) is 71.7 Å². The molecule has 7 heteroatoms. The monoisotopic (exact) mass is 448 g/mol. The first-order chi connectivity index (χ1) is 15.5. The van der Waals surface area contributed by atoms with Gasteiger partial charge in [-0.05, 0) is 68.6 Å². The number of rotatable bonds is 8. The van der Waals surface area contributed by atoms with Crippen molar-refractivity contribution in [3.05, 3.63) is 76.6 Å². The number of para-hydroxylation sites is 2. The maximum atomic E-state index is 13.5. The van der Waals surface area contributed by atoms with Gasteiger partial charge in [-0.25, -0.2) is 4.90 Å². The summed E-state index contributed by atoms with van der Waals surface area (Å²) >= 11 is 1.41. The van der Waals surface area contributed by atoms with Gasteiger partial charge in [0.15, 0.2) is 0 Å². The van der Waals surface area contributed by atoms with E-state index in [0.29, 0.717) is 29.3 Å². The van der Waals surface area contributed by atoms with Gasteiger partial charge < -0.3 is 14.8 Å². The number of hydrogen-bond acceptors (Lipinski definition) is 6. The van der Waals surface area contributed by atoms with Crippen LogP contribution in [-0.2, 0) is 9.59 Å². The lowest BCUT2D eigenvalue weighted by molar-refractivity contribution is -0.120. The molecule has 0 saturated carbocycles. The standard InChI is InChI=1S/C25H24N2O4S/c1-4-30-18-13-11-17(12-14-18)26-23-22(21-10-7-15-32-21)24(28)27(25(23)29)19-8-5-6-9-20(19)31-16(2)3/h5-16,26H,4H2,1-3H3. The van der Waals surface area contributed by atoms with Crippen molar-refractivity contribution in [3.63, 3.8) is 0 Å². The van der Waals surface area contributed by atoms with Crippen molar-refractivity contribution in [2.45, 2.75) is 26.9 Å². The molecule has 3 aromatic rings. The van der Waals surface area contributed by atoms with E-state index in [1.54, 1.807) is 18.2 Å². The topological polar surface area (TPSA) is 67.9 Å². The minimum absolute atomic E-state index is 0.102. The summed E-state index contributed by atoms with van der Waals surface area (Å²) in [5, 5.41) is 5.05. The number of imide groups is 1. The van der Waals surface area contributed by atoms with Crippen LogP contribution in [0.5, 0.6) is 11.5 Å². The second kappa shape index (κ2) is 9.28. The molecule has 0 radical (unpaired) electrons. The summed E-state index contributed by atoms with van der Waals surface area (Å²) in [6.07, 6.45) is -0.102. The lowest BCUT2D eigenvalue weighted by Gasteiger charge is -2.20. The molecule has 1 aromatic heterocycles. The van der Waals surface area contributed by atoms with E-state index in [4.69, 9.17) is 9.47 Å². The van der Waals surface area contributed by atoms with E-state index in [1.807, 2.05) is 68.6 Å². The first-order valence-corrected chi connectivity index (χ1v) is 11.3. The zero-order valence-electron chi connectivity index (χ0n) is 18.1. The maximum Gasteiger partial charge on any atom is 0.282 e. The van der Waals surface area contributed by atoms with Crippen molar-refractivity contribution in [3.8, 4) is 11.5 Å². The van der Waals surface area contributed by atoms with Crippen LogP contribution in [0.4, 0.5) is 11.4 Å². The molecule has 0 bridgehead atoms. The summed E-state index contributed by atoms with van der Waals surface area (Å²) in [7, 11) is 0. The first kappa shape index (κ1) is 21.6. The van der Waals surface area contributed by atoms with Crippen LogP contribution in [0.3, 0.4) is 0 Å². The number of nitrogens with zero attached hydrogens (tertiary/aromatic N) is 1. The van der Waals surface area contributed by atoms with Gasteiger partial charge in [0.1, 0.15) is 17.2 Å². The smallest absolute Gasteiger partial charge is 0.282 e. The number of carbonyl (C=O) groups is 2. The molecule has 2 aromatic carbocycles. The molecule has 0 fully saturated rings. The Morgan fingerprint density at radius 3 is 2.38 bits per heavy atom. The Hall–Kier alpha value is -3.58. The quantitative estimate of drug-likeness (QED) is 0.472. The van der Waals surface area contributed by atoms with Crippen LogP contribution in [0.25, 0.3) is 5.57 Å². The van der Waals surface area contributed by atoms with Crippen LogP contribution >= 0.6 is 11.3 Å². The summed E-state index contributed by atoms with van der Waals surface area (Å²) < 4.78 is 11.4. The number of amides is 2. The molecule has 32 heavy (non-hydrogen) atoms. The van der Waals surface area contributed by atoms with Gasteiger partial charge in [-0.2, -0.15) is 0 Å². The number of nitrogens with one attached hydrogen (secondary N) is 1. The van der Waals surface area contributed by atoms with Gasteiger partial charge >= 0.3 is 0 Å². The minimum atomic E-state index is -0.424. The third-order valence-electron chi connectivity index (χ3n) is 4.75. The van der Waals surface area contributed by atoms with E-state index in [9.17, 15) is 9.59 Å². The predicted molar refractivity (Wildman–Crippen MR) is 127 cm³/mol. The summed E-state index contributed by atoms with van der Waals surface area (Å²) in [6, 6.07) is 18.1. The van der Waals surface area contributed by atoms with Gasteiger partial charge in [-0.3, -0.25) is 9.59 Å². The Morgan fingerprint density at radius 2 is 1.72 bits per heavy atom. The third kappa shape index (κ3) is 4.24. The van der Waals surface area contributed by atoms with Gasteiger partial charge in [0, 0.05) is 10.6 Å². The number of benzene rings is 2. The zero-order chi connectivity index (χ0) is 22.7. The van der Waals surface area contributed by atoms with E-state index in [1.165, 1.54) is 16.2 Å². The van der Waals surface area contributed by atoms with E-state index >= 15 is 0 Å². The number of carbonyl (C=O) groups excluding carboxylic acids is 2. The van der Waals surface area contributed by atoms with Crippen molar-refractivity contribution in [1.29, 1.82) is 0 Å². The number of ether oxygens (including phenoxy) is 2. The molecule has 0 saturated heterocycles. The van der Waals surface area contributed by atoms with Crippen LogP contribution in [0, 0.1) is 0 Å². The fourth-order valence-corrected chi connectivity index (χ4v) is 4.22. The number of anilines is 2.